The van der Waals surface area contributed by atoms with Crippen molar-refractivity contribution in [2.75, 3.05) is 6.61 Å². The van der Waals surface area contributed by atoms with Crippen LogP contribution in [-0.2, 0) is 16.1 Å². The standard InChI is InChI=1S/C24H28Cl2N2O3/c1-16-7-5-10-19(13-16)31-15-23(29)28(14-20-21(25)11-6-12-22(20)26)17(2)24(30)27-18-8-3-4-9-18/h5-7,10-13,17-18H,3-4,8-9,14-15H2,1-2H3,(H,27,30)/t17-/m1/s1. The molecule has 2 aromatic rings. The number of benzene rings is 2. The van der Waals surface area contributed by atoms with Crippen LogP contribution < -0.4 is 10.1 Å². The summed E-state index contributed by atoms with van der Waals surface area (Å²) < 4.78 is 5.70. The van der Waals surface area contributed by atoms with Crippen LogP contribution in [0.3, 0.4) is 0 Å². The molecular weight excluding hydrogens is 435 g/mol. The van der Waals surface area contributed by atoms with Gasteiger partial charge < -0.3 is 15.0 Å². The van der Waals surface area contributed by atoms with Gasteiger partial charge in [0, 0.05) is 28.2 Å². The largest absolute Gasteiger partial charge is 0.484 e. The van der Waals surface area contributed by atoms with Crippen molar-refractivity contribution in [3.63, 3.8) is 0 Å². The maximum absolute atomic E-state index is 13.1. The molecule has 166 valence electrons. The van der Waals surface area contributed by atoms with Gasteiger partial charge in [-0.25, -0.2) is 0 Å². The number of halogens is 2. The number of nitrogens with one attached hydrogen (secondary N) is 1. The first-order valence-corrected chi connectivity index (χ1v) is 11.3. The quantitative estimate of drug-likeness (QED) is 0.589. The molecule has 1 aliphatic rings. The highest BCUT2D eigenvalue weighted by Crippen LogP contribution is 2.27. The van der Waals surface area contributed by atoms with Gasteiger partial charge in [0.25, 0.3) is 5.91 Å². The molecule has 0 spiro atoms. The van der Waals surface area contributed by atoms with Crippen molar-refractivity contribution in [3.05, 3.63) is 63.6 Å². The molecule has 31 heavy (non-hydrogen) atoms. The van der Waals surface area contributed by atoms with Crippen LogP contribution in [0.15, 0.2) is 42.5 Å². The maximum Gasteiger partial charge on any atom is 0.261 e. The number of aryl methyl sites for hydroxylation is 1. The average Bonchev–Trinajstić information content (AvgIpc) is 3.24. The van der Waals surface area contributed by atoms with Crippen molar-refractivity contribution in [3.8, 4) is 5.75 Å². The van der Waals surface area contributed by atoms with Crippen molar-refractivity contribution in [1.29, 1.82) is 0 Å². The SMILES string of the molecule is Cc1cccc(OCC(=O)N(Cc2c(Cl)cccc2Cl)[C@H](C)C(=O)NC2CCCC2)c1. The molecule has 1 saturated carbocycles. The lowest BCUT2D eigenvalue weighted by molar-refractivity contribution is -0.142. The van der Waals surface area contributed by atoms with E-state index in [-0.39, 0.29) is 31.0 Å². The van der Waals surface area contributed by atoms with Gasteiger partial charge in [0.05, 0.1) is 0 Å². The van der Waals surface area contributed by atoms with Gasteiger partial charge in [-0.3, -0.25) is 9.59 Å². The van der Waals surface area contributed by atoms with Crippen LogP contribution in [0.4, 0.5) is 0 Å². The molecule has 0 heterocycles. The van der Waals surface area contributed by atoms with Gasteiger partial charge in [0.15, 0.2) is 6.61 Å². The Morgan fingerprint density at radius 3 is 2.42 bits per heavy atom. The zero-order chi connectivity index (χ0) is 22.4. The molecule has 1 atom stereocenters. The summed E-state index contributed by atoms with van der Waals surface area (Å²) in [5, 5.41) is 3.97. The molecule has 0 radical (unpaired) electrons. The number of ether oxygens (including phenoxy) is 1. The van der Waals surface area contributed by atoms with E-state index < -0.39 is 6.04 Å². The first-order valence-electron chi connectivity index (χ1n) is 10.6. The van der Waals surface area contributed by atoms with Gasteiger partial charge in [0.2, 0.25) is 5.91 Å². The summed E-state index contributed by atoms with van der Waals surface area (Å²) in [4.78, 5) is 27.5. The van der Waals surface area contributed by atoms with Gasteiger partial charge >= 0.3 is 0 Å². The normalized spacial score (nSPS) is 14.8. The summed E-state index contributed by atoms with van der Waals surface area (Å²) in [6, 6.07) is 12.1. The third-order valence-corrected chi connectivity index (χ3v) is 6.32. The van der Waals surface area contributed by atoms with E-state index in [9.17, 15) is 9.59 Å². The van der Waals surface area contributed by atoms with Gasteiger partial charge in [-0.2, -0.15) is 0 Å². The monoisotopic (exact) mass is 462 g/mol. The van der Waals surface area contributed by atoms with Gasteiger partial charge in [-0.1, -0.05) is 54.2 Å². The van der Waals surface area contributed by atoms with E-state index in [0.717, 1.165) is 31.2 Å². The second-order valence-electron chi connectivity index (χ2n) is 7.99. The van der Waals surface area contributed by atoms with E-state index in [4.69, 9.17) is 27.9 Å². The molecule has 1 aliphatic carbocycles. The highest BCUT2D eigenvalue weighted by molar-refractivity contribution is 6.36. The fourth-order valence-corrected chi connectivity index (χ4v) is 4.28. The van der Waals surface area contributed by atoms with E-state index in [1.807, 2.05) is 25.1 Å². The highest BCUT2D eigenvalue weighted by atomic mass is 35.5. The van der Waals surface area contributed by atoms with E-state index in [2.05, 4.69) is 5.32 Å². The molecular formula is C24H28Cl2N2O3. The van der Waals surface area contributed by atoms with Crippen LogP contribution in [0, 0.1) is 6.92 Å². The van der Waals surface area contributed by atoms with Crippen LogP contribution in [0.5, 0.6) is 5.75 Å². The predicted octanol–water partition coefficient (Wildman–Crippen LogP) is 5.16. The Bertz CT molecular complexity index is 909. The van der Waals surface area contributed by atoms with Crippen LogP contribution in [0.1, 0.15) is 43.7 Å². The van der Waals surface area contributed by atoms with Gasteiger partial charge in [-0.05, 0) is 56.5 Å². The molecule has 3 rings (SSSR count). The summed E-state index contributed by atoms with van der Waals surface area (Å²) in [5.41, 5.74) is 1.64. The van der Waals surface area contributed by atoms with Crippen LogP contribution in [-0.4, -0.2) is 35.4 Å². The summed E-state index contributed by atoms with van der Waals surface area (Å²) in [6.45, 7) is 3.61. The first kappa shape index (κ1) is 23.4. The molecule has 0 aliphatic heterocycles. The summed E-state index contributed by atoms with van der Waals surface area (Å²) in [6.07, 6.45) is 4.17. The smallest absolute Gasteiger partial charge is 0.261 e. The van der Waals surface area contributed by atoms with Crippen LogP contribution >= 0.6 is 23.2 Å². The molecule has 0 aromatic heterocycles. The van der Waals surface area contributed by atoms with E-state index in [1.165, 1.54) is 4.90 Å². The minimum Gasteiger partial charge on any atom is -0.484 e. The van der Waals surface area contributed by atoms with Crippen molar-refractivity contribution >= 4 is 35.0 Å². The number of carbonyl (C=O) groups excluding carboxylic acids is 2. The van der Waals surface area contributed by atoms with Gasteiger partial charge in [-0.15, -0.1) is 0 Å². The van der Waals surface area contributed by atoms with Crippen LogP contribution in [0.25, 0.3) is 0 Å². The molecule has 2 amide bonds. The third kappa shape index (κ3) is 6.37. The molecule has 1 N–H and O–H groups in total. The molecule has 1 fully saturated rings. The van der Waals surface area contributed by atoms with Crippen molar-refractivity contribution in [2.24, 2.45) is 0 Å². The number of carbonyl (C=O) groups is 2. The zero-order valence-electron chi connectivity index (χ0n) is 17.9. The molecule has 5 nitrogen and oxygen atoms in total. The van der Waals surface area contributed by atoms with E-state index in [0.29, 0.717) is 21.4 Å². The highest BCUT2D eigenvalue weighted by Gasteiger charge is 2.29. The Labute approximate surface area is 193 Å². The zero-order valence-corrected chi connectivity index (χ0v) is 19.4. The Kier molecular flexibility index (Phi) is 8.22. The molecule has 2 aromatic carbocycles. The second kappa shape index (κ2) is 10.9. The number of rotatable bonds is 8. The third-order valence-electron chi connectivity index (χ3n) is 5.61. The average molecular weight is 463 g/mol. The van der Waals surface area contributed by atoms with E-state index in [1.54, 1.807) is 31.2 Å². The minimum absolute atomic E-state index is 0.119. The summed E-state index contributed by atoms with van der Waals surface area (Å²) in [5.74, 6) is 0.109. The first-order chi connectivity index (χ1) is 14.8. The molecule has 0 saturated heterocycles. The Balaban J connectivity index is 1.76. The van der Waals surface area contributed by atoms with Crippen molar-refractivity contribution < 1.29 is 14.3 Å². The van der Waals surface area contributed by atoms with Gasteiger partial charge in [0.1, 0.15) is 11.8 Å². The Morgan fingerprint density at radius 1 is 1.13 bits per heavy atom. The minimum atomic E-state index is -0.693. The fraction of sp³-hybridized carbons (Fsp3) is 0.417. The number of nitrogens with zero attached hydrogens (tertiary/aromatic N) is 1. The number of hydrogen-bond acceptors (Lipinski definition) is 3. The van der Waals surface area contributed by atoms with Crippen LogP contribution in [0.2, 0.25) is 10.0 Å². The lowest BCUT2D eigenvalue weighted by atomic mass is 10.1. The molecule has 0 bridgehead atoms. The maximum atomic E-state index is 13.1. The van der Waals surface area contributed by atoms with Crippen molar-refractivity contribution in [2.45, 2.75) is 58.2 Å². The molecule has 0 unspecified atom stereocenters. The predicted molar refractivity (Wildman–Crippen MR) is 124 cm³/mol. The van der Waals surface area contributed by atoms with E-state index >= 15 is 0 Å². The Hall–Kier alpha value is -2.24. The summed E-state index contributed by atoms with van der Waals surface area (Å²) in [7, 11) is 0. The lowest BCUT2D eigenvalue weighted by Crippen LogP contribution is -2.50. The topological polar surface area (TPSA) is 58.6 Å². The Morgan fingerprint density at radius 2 is 1.77 bits per heavy atom. The second-order valence-corrected chi connectivity index (χ2v) is 8.81. The number of hydrogen-bond donors (Lipinski definition) is 1. The van der Waals surface area contributed by atoms with Crippen molar-refractivity contribution in [1.82, 2.24) is 10.2 Å². The molecule has 7 heteroatoms. The number of amides is 2. The fourth-order valence-electron chi connectivity index (χ4n) is 3.76. The lowest BCUT2D eigenvalue weighted by Gasteiger charge is -2.30. The summed E-state index contributed by atoms with van der Waals surface area (Å²) >= 11 is 12.7.